The normalized spacial score (nSPS) is 12.2. The summed E-state index contributed by atoms with van der Waals surface area (Å²) < 4.78 is 66.5. The molecule has 0 heterocycles. The van der Waals surface area contributed by atoms with Gasteiger partial charge in [-0.1, -0.05) is 12.1 Å². The first-order chi connectivity index (χ1) is 9.13. The number of rotatable bonds is 5. The van der Waals surface area contributed by atoms with Crippen LogP contribution in [0.4, 0.5) is 13.2 Å². The first-order valence-corrected chi connectivity index (χ1v) is 6.82. The van der Waals surface area contributed by atoms with E-state index >= 15 is 0 Å². The molecule has 0 bridgehead atoms. The third-order valence-corrected chi connectivity index (χ3v) is 3.28. The fourth-order valence-corrected chi connectivity index (χ4v) is 2.25. The maximum absolute atomic E-state index is 11.9. The molecule has 0 radical (unpaired) electrons. The van der Waals surface area contributed by atoms with E-state index in [2.05, 4.69) is 8.92 Å². The second-order valence-corrected chi connectivity index (χ2v) is 5.41. The Morgan fingerprint density at radius 1 is 1.20 bits per heavy atom. The molecule has 20 heavy (non-hydrogen) atoms. The largest absolute Gasteiger partial charge is 0.465 e. The third-order valence-electron chi connectivity index (χ3n) is 2.12. The fraction of sp³-hybridized carbons (Fsp3) is 0.364. The fourth-order valence-electron chi connectivity index (χ4n) is 1.26. The van der Waals surface area contributed by atoms with Crippen molar-refractivity contribution in [3.63, 3.8) is 0 Å². The Balaban J connectivity index is 2.71. The summed E-state index contributed by atoms with van der Waals surface area (Å²) >= 11 is 0. The predicted octanol–water partition coefficient (Wildman–Crippen LogP) is 1.88. The Morgan fingerprint density at radius 2 is 1.75 bits per heavy atom. The van der Waals surface area contributed by atoms with E-state index in [0.29, 0.717) is 0 Å². The highest BCUT2D eigenvalue weighted by Gasteiger charge is 2.30. The van der Waals surface area contributed by atoms with E-state index in [0.717, 1.165) is 0 Å². The van der Waals surface area contributed by atoms with Crippen molar-refractivity contribution in [1.82, 2.24) is 0 Å². The summed E-state index contributed by atoms with van der Waals surface area (Å²) in [7, 11) is -3.16. The monoisotopic (exact) mass is 312 g/mol. The summed E-state index contributed by atoms with van der Waals surface area (Å²) in [5, 5.41) is 0. The van der Waals surface area contributed by atoms with Crippen molar-refractivity contribution in [1.29, 1.82) is 0 Å². The number of alkyl halides is 3. The summed E-state index contributed by atoms with van der Waals surface area (Å²) in [6, 6.07) is 5.20. The first-order valence-electron chi connectivity index (χ1n) is 5.24. The van der Waals surface area contributed by atoms with Crippen LogP contribution >= 0.6 is 0 Å². The first kappa shape index (κ1) is 16.4. The van der Waals surface area contributed by atoms with Gasteiger partial charge in [0, 0.05) is 0 Å². The number of esters is 1. The highest BCUT2D eigenvalue weighted by molar-refractivity contribution is 7.85. The molecular formula is C11H11F3O5S. The Kier molecular flexibility index (Phi) is 5.12. The molecule has 0 aliphatic rings. The van der Waals surface area contributed by atoms with Crippen LogP contribution < -0.4 is 0 Å². The topological polar surface area (TPSA) is 69.7 Å². The quantitative estimate of drug-likeness (QED) is 0.613. The van der Waals surface area contributed by atoms with Gasteiger partial charge in [-0.25, -0.2) is 4.79 Å². The summed E-state index contributed by atoms with van der Waals surface area (Å²) in [6.07, 6.45) is -4.72. The van der Waals surface area contributed by atoms with Crippen LogP contribution in [0.3, 0.4) is 0 Å². The Bertz CT molecular complexity index is 563. The molecule has 1 aromatic rings. The SMILES string of the molecule is COC(=O)c1ccc(CS(=O)(=O)OCC(F)(F)F)cc1. The smallest absolute Gasteiger partial charge is 0.413 e. The molecular weight excluding hydrogens is 301 g/mol. The Morgan fingerprint density at radius 3 is 2.20 bits per heavy atom. The van der Waals surface area contributed by atoms with Crippen LogP contribution in [0.5, 0.6) is 0 Å². The number of hydrogen-bond acceptors (Lipinski definition) is 5. The molecule has 0 aliphatic heterocycles. The number of hydrogen-bond donors (Lipinski definition) is 0. The molecule has 0 amide bonds. The van der Waals surface area contributed by atoms with Crippen LogP contribution in [0.15, 0.2) is 24.3 Å². The molecule has 0 spiro atoms. The zero-order valence-electron chi connectivity index (χ0n) is 10.3. The minimum absolute atomic E-state index is 0.194. The molecule has 112 valence electrons. The van der Waals surface area contributed by atoms with Gasteiger partial charge in [-0.05, 0) is 17.7 Å². The zero-order valence-corrected chi connectivity index (χ0v) is 11.1. The average molecular weight is 312 g/mol. The van der Waals surface area contributed by atoms with Gasteiger partial charge in [-0.3, -0.25) is 4.18 Å². The van der Waals surface area contributed by atoms with Crippen molar-refractivity contribution in [3.8, 4) is 0 Å². The molecule has 9 heteroatoms. The van der Waals surface area contributed by atoms with Gasteiger partial charge in [-0.2, -0.15) is 21.6 Å². The number of benzene rings is 1. The lowest BCUT2D eigenvalue weighted by molar-refractivity contribution is -0.152. The third kappa shape index (κ3) is 5.57. The summed E-state index contributed by atoms with van der Waals surface area (Å²) in [4.78, 5) is 11.1. The van der Waals surface area contributed by atoms with E-state index < -0.39 is 34.6 Å². The molecule has 0 N–H and O–H groups in total. The molecule has 1 aromatic carbocycles. The lowest BCUT2D eigenvalue weighted by Gasteiger charge is -2.08. The number of carbonyl (C=O) groups is 1. The van der Waals surface area contributed by atoms with Crippen LogP contribution in [0.1, 0.15) is 15.9 Å². The Hall–Kier alpha value is -1.61. The molecule has 0 aromatic heterocycles. The molecule has 1 rings (SSSR count). The summed E-state index contributed by atoms with van der Waals surface area (Å²) in [5.74, 6) is -1.32. The minimum atomic E-state index is -4.72. The summed E-state index contributed by atoms with van der Waals surface area (Å²) in [5.41, 5.74) is 0.393. The van der Waals surface area contributed by atoms with Crippen LogP contribution in [-0.4, -0.2) is 34.3 Å². The number of halogens is 3. The van der Waals surface area contributed by atoms with E-state index in [4.69, 9.17) is 0 Å². The van der Waals surface area contributed by atoms with Gasteiger partial charge in [-0.15, -0.1) is 0 Å². The standard InChI is InChI=1S/C11H11F3O5S/c1-18-10(15)9-4-2-8(3-5-9)6-20(16,17)19-7-11(12,13)14/h2-5H,6-7H2,1H3. The van der Waals surface area contributed by atoms with Gasteiger partial charge in [0.25, 0.3) is 10.1 Å². The van der Waals surface area contributed by atoms with E-state index in [-0.39, 0.29) is 11.1 Å². The van der Waals surface area contributed by atoms with Crippen LogP contribution in [0.2, 0.25) is 0 Å². The second kappa shape index (κ2) is 6.23. The molecule has 0 unspecified atom stereocenters. The highest BCUT2D eigenvalue weighted by Crippen LogP contribution is 2.17. The highest BCUT2D eigenvalue weighted by atomic mass is 32.2. The van der Waals surface area contributed by atoms with Crippen LogP contribution in [0, 0.1) is 0 Å². The van der Waals surface area contributed by atoms with E-state index in [1.165, 1.54) is 31.4 Å². The predicted molar refractivity (Wildman–Crippen MR) is 62.4 cm³/mol. The lowest BCUT2D eigenvalue weighted by atomic mass is 10.1. The van der Waals surface area contributed by atoms with E-state index in [1.807, 2.05) is 0 Å². The summed E-state index contributed by atoms with van der Waals surface area (Å²) in [6.45, 7) is -1.87. The van der Waals surface area contributed by atoms with Gasteiger partial charge in [0.2, 0.25) is 0 Å². The maximum atomic E-state index is 11.9. The molecule has 0 saturated carbocycles. The second-order valence-electron chi connectivity index (χ2n) is 3.77. The van der Waals surface area contributed by atoms with Gasteiger partial charge >= 0.3 is 12.1 Å². The average Bonchev–Trinajstić information content (AvgIpc) is 2.35. The van der Waals surface area contributed by atoms with E-state index in [1.54, 1.807) is 0 Å². The van der Waals surface area contributed by atoms with Crippen molar-refractivity contribution >= 4 is 16.1 Å². The molecule has 0 saturated heterocycles. The van der Waals surface area contributed by atoms with Crippen molar-refractivity contribution in [2.45, 2.75) is 11.9 Å². The van der Waals surface area contributed by atoms with Crippen molar-refractivity contribution in [2.24, 2.45) is 0 Å². The van der Waals surface area contributed by atoms with Gasteiger partial charge in [0.05, 0.1) is 12.7 Å². The number of ether oxygens (including phenoxy) is 1. The molecule has 0 atom stereocenters. The maximum Gasteiger partial charge on any atom is 0.413 e. The van der Waals surface area contributed by atoms with Gasteiger partial charge < -0.3 is 4.74 Å². The van der Waals surface area contributed by atoms with Crippen LogP contribution in [0.25, 0.3) is 0 Å². The minimum Gasteiger partial charge on any atom is -0.465 e. The lowest BCUT2D eigenvalue weighted by Crippen LogP contribution is -2.21. The number of methoxy groups -OCH3 is 1. The van der Waals surface area contributed by atoms with Crippen molar-refractivity contribution in [2.75, 3.05) is 13.7 Å². The molecule has 5 nitrogen and oxygen atoms in total. The van der Waals surface area contributed by atoms with Gasteiger partial charge in [0.15, 0.2) is 6.61 Å². The van der Waals surface area contributed by atoms with E-state index in [9.17, 15) is 26.4 Å². The van der Waals surface area contributed by atoms with Crippen molar-refractivity contribution < 1.29 is 35.3 Å². The zero-order chi connectivity index (χ0) is 15.4. The van der Waals surface area contributed by atoms with Crippen molar-refractivity contribution in [3.05, 3.63) is 35.4 Å². The van der Waals surface area contributed by atoms with Gasteiger partial charge in [0.1, 0.15) is 5.75 Å². The van der Waals surface area contributed by atoms with Crippen LogP contribution in [-0.2, 0) is 24.8 Å². The molecule has 0 aliphatic carbocycles. The Labute approximate surface area is 113 Å². The molecule has 0 fully saturated rings. The number of carbonyl (C=O) groups excluding carboxylic acids is 1.